The van der Waals surface area contributed by atoms with Crippen molar-refractivity contribution in [1.29, 1.82) is 0 Å². The lowest BCUT2D eigenvalue weighted by molar-refractivity contribution is -0.140. The Bertz CT molecular complexity index is 555. The quantitative estimate of drug-likeness (QED) is 0.345. The molecule has 0 radical (unpaired) electrons. The maximum absolute atomic E-state index is 11.2. The van der Waals surface area contributed by atoms with Gasteiger partial charge < -0.3 is 20.4 Å². The lowest BCUT2D eigenvalue weighted by Gasteiger charge is -2.30. The van der Waals surface area contributed by atoms with Crippen LogP contribution in [0.1, 0.15) is 12.8 Å². The molecular formula is C18H32N4O8. The molecule has 0 aliphatic carbocycles. The molecule has 0 saturated carbocycles. The zero-order valence-corrected chi connectivity index (χ0v) is 17.1. The topological polar surface area (TPSA) is 162 Å². The molecule has 30 heavy (non-hydrogen) atoms. The van der Waals surface area contributed by atoms with Gasteiger partial charge in [-0.2, -0.15) is 0 Å². The van der Waals surface area contributed by atoms with E-state index in [1.165, 1.54) is 0 Å². The van der Waals surface area contributed by atoms with E-state index in [2.05, 4.69) is 0 Å². The lowest BCUT2D eigenvalue weighted by Crippen LogP contribution is -2.45. The minimum absolute atomic E-state index is 0.135. The predicted molar refractivity (Wildman–Crippen MR) is 106 cm³/mol. The van der Waals surface area contributed by atoms with Crippen LogP contribution in [0.15, 0.2) is 0 Å². The van der Waals surface area contributed by atoms with Gasteiger partial charge in [0.1, 0.15) is 0 Å². The fourth-order valence-corrected chi connectivity index (χ4v) is 3.45. The first-order chi connectivity index (χ1) is 14.2. The molecule has 0 aromatic heterocycles. The van der Waals surface area contributed by atoms with E-state index in [9.17, 15) is 19.2 Å². The van der Waals surface area contributed by atoms with Gasteiger partial charge in [-0.25, -0.2) is 0 Å². The van der Waals surface area contributed by atoms with Crippen LogP contribution in [0.5, 0.6) is 0 Å². The molecule has 4 N–H and O–H groups in total. The SMILES string of the molecule is O=C(O)CN1CCCN(CC(=O)O)CCN(CC(=O)O)CCN(CC(=O)O)CCC1. The van der Waals surface area contributed by atoms with E-state index in [1.807, 2.05) is 0 Å². The van der Waals surface area contributed by atoms with Crippen LogP contribution in [0.4, 0.5) is 0 Å². The summed E-state index contributed by atoms with van der Waals surface area (Å²) >= 11 is 0. The molecule has 0 aromatic rings. The van der Waals surface area contributed by atoms with E-state index in [-0.39, 0.29) is 26.2 Å². The monoisotopic (exact) mass is 432 g/mol. The highest BCUT2D eigenvalue weighted by Crippen LogP contribution is 2.03. The molecule has 1 fully saturated rings. The first kappa shape index (κ1) is 25.8. The van der Waals surface area contributed by atoms with Gasteiger partial charge in [0.2, 0.25) is 0 Å². The Morgan fingerprint density at radius 3 is 0.867 bits per heavy atom. The molecule has 0 amide bonds. The smallest absolute Gasteiger partial charge is 0.317 e. The Balaban J connectivity index is 2.89. The van der Waals surface area contributed by atoms with Gasteiger partial charge in [0.05, 0.1) is 26.2 Å². The summed E-state index contributed by atoms with van der Waals surface area (Å²) in [6, 6.07) is 0. The summed E-state index contributed by atoms with van der Waals surface area (Å²) in [7, 11) is 0. The van der Waals surface area contributed by atoms with Gasteiger partial charge in [0.25, 0.3) is 0 Å². The largest absolute Gasteiger partial charge is 0.480 e. The molecule has 0 unspecified atom stereocenters. The van der Waals surface area contributed by atoms with Crippen molar-refractivity contribution in [2.24, 2.45) is 0 Å². The summed E-state index contributed by atoms with van der Waals surface area (Å²) < 4.78 is 0. The molecular weight excluding hydrogens is 400 g/mol. The average Bonchev–Trinajstić information content (AvgIpc) is 2.60. The summed E-state index contributed by atoms with van der Waals surface area (Å²) in [6.07, 6.45) is 1.14. The van der Waals surface area contributed by atoms with Crippen molar-refractivity contribution in [3.63, 3.8) is 0 Å². The van der Waals surface area contributed by atoms with E-state index >= 15 is 0 Å². The van der Waals surface area contributed by atoms with E-state index in [4.69, 9.17) is 20.4 Å². The van der Waals surface area contributed by atoms with E-state index in [0.29, 0.717) is 65.2 Å². The van der Waals surface area contributed by atoms with Crippen LogP contribution >= 0.6 is 0 Å². The third-order valence-corrected chi connectivity index (χ3v) is 4.80. The van der Waals surface area contributed by atoms with Gasteiger partial charge in [-0.05, 0) is 25.9 Å². The van der Waals surface area contributed by atoms with Crippen molar-refractivity contribution >= 4 is 23.9 Å². The molecule has 12 heteroatoms. The third-order valence-electron chi connectivity index (χ3n) is 4.80. The molecule has 0 bridgehead atoms. The van der Waals surface area contributed by atoms with Crippen LogP contribution in [0, 0.1) is 0 Å². The standard InChI is InChI=1S/C18H32N4O8/c23-15(24)11-19-3-1-5-20(12-16(25)26)7-9-22(14-18(29)30)10-8-21(6-2-4-19)13-17(27)28/h1-14H2,(H,23,24)(H,25,26)(H,27,28)(H,29,30). The van der Waals surface area contributed by atoms with Crippen molar-refractivity contribution in [3.05, 3.63) is 0 Å². The van der Waals surface area contributed by atoms with Crippen molar-refractivity contribution in [2.45, 2.75) is 12.8 Å². The Morgan fingerprint density at radius 2 is 0.633 bits per heavy atom. The van der Waals surface area contributed by atoms with Crippen LogP contribution in [0.25, 0.3) is 0 Å². The predicted octanol–water partition coefficient (Wildman–Crippen LogP) is -1.67. The summed E-state index contributed by atoms with van der Waals surface area (Å²) in [5.74, 6) is -3.94. The van der Waals surface area contributed by atoms with E-state index in [0.717, 1.165) is 0 Å². The van der Waals surface area contributed by atoms with Gasteiger partial charge in [0.15, 0.2) is 0 Å². The summed E-state index contributed by atoms with van der Waals surface area (Å²) in [5, 5.41) is 36.5. The van der Waals surface area contributed by atoms with Gasteiger partial charge >= 0.3 is 23.9 Å². The zero-order chi connectivity index (χ0) is 22.5. The minimum Gasteiger partial charge on any atom is -0.480 e. The zero-order valence-electron chi connectivity index (χ0n) is 17.1. The number of carboxylic acid groups (broad SMARTS) is 4. The van der Waals surface area contributed by atoms with Gasteiger partial charge in [-0.1, -0.05) is 0 Å². The van der Waals surface area contributed by atoms with Gasteiger partial charge in [-0.3, -0.25) is 38.8 Å². The normalized spacial score (nSPS) is 19.7. The number of carbonyl (C=O) groups is 4. The molecule has 1 aliphatic rings. The summed E-state index contributed by atoms with van der Waals surface area (Å²) in [5.41, 5.74) is 0. The number of rotatable bonds is 8. The Hall–Kier alpha value is -2.28. The number of carboxylic acids is 4. The van der Waals surface area contributed by atoms with Gasteiger partial charge in [-0.15, -0.1) is 0 Å². The first-order valence-electron chi connectivity index (χ1n) is 9.92. The Labute approximate surface area is 175 Å². The highest BCUT2D eigenvalue weighted by Gasteiger charge is 2.19. The summed E-state index contributed by atoms with van der Waals surface area (Å²) in [4.78, 5) is 51.5. The van der Waals surface area contributed by atoms with Gasteiger partial charge in [0, 0.05) is 39.3 Å². The number of aliphatic carboxylic acids is 4. The van der Waals surface area contributed by atoms with Crippen molar-refractivity contribution in [3.8, 4) is 0 Å². The fourth-order valence-electron chi connectivity index (χ4n) is 3.45. The molecule has 1 aliphatic heterocycles. The highest BCUT2D eigenvalue weighted by atomic mass is 16.4. The number of nitrogens with zero attached hydrogens (tertiary/aromatic N) is 4. The molecule has 12 nitrogen and oxygen atoms in total. The van der Waals surface area contributed by atoms with Crippen LogP contribution in [0.2, 0.25) is 0 Å². The van der Waals surface area contributed by atoms with Crippen molar-refractivity contribution in [1.82, 2.24) is 19.6 Å². The third kappa shape index (κ3) is 12.3. The first-order valence-corrected chi connectivity index (χ1v) is 9.92. The molecule has 1 heterocycles. The van der Waals surface area contributed by atoms with E-state index < -0.39 is 23.9 Å². The highest BCUT2D eigenvalue weighted by molar-refractivity contribution is 5.70. The van der Waals surface area contributed by atoms with Crippen molar-refractivity contribution in [2.75, 3.05) is 78.5 Å². The number of hydrogen-bond acceptors (Lipinski definition) is 8. The fraction of sp³-hybridized carbons (Fsp3) is 0.778. The molecule has 0 atom stereocenters. The summed E-state index contributed by atoms with van der Waals surface area (Å²) in [6.45, 7) is 2.48. The maximum Gasteiger partial charge on any atom is 0.317 e. The molecule has 0 spiro atoms. The molecule has 0 aromatic carbocycles. The number of hydrogen-bond donors (Lipinski definition) is 4. The van der Waals surface area contributed by atoms with Crippen molar-refractivity contribution < 1.29 is 39.6 Å². The van der Waals surface area contributed by atoms with Crippen LogP contribution in [0.3, 0.4) is 0 Å². The molecule has 172 valence electrons. The van der Waals surface area contributed by atoms with E-state index in [1.54, 1.807) is 19.6 Å². The Kier molecular flexibility index (Phi) is 11.9. The second-order valence-corrected chi connectivity index (χ2v) is 7.39. The van der Waals surface area contributed by atoms with Crippen LogP contribution in [-0.2, 0) is 19.2 Å². The minimum atomic E-state index is -1.00. The molecule has 1 saturated heterocycles. The average molecular weight is 432 g/mol. The molecule has 1 rings (SSSR count). The maximum atomic E-state index is 11.2. The Morgan fingerprint density at radius 1 is 0.433 bits per heavy atom. The second kappa shape index (κ2) is 13.9. The second-order valence-electron chi connectivity index (χ2n) is 7.39. The van der Waals surface area contributed by atoms with Crippen LogP contribution < -0.4 is 0 Å². The lowest BCUT2D eigenvalue weighted by atomic mass is 10.2. The van der Waals surface area contributed by atoms with Crippen LogP contribution in [-0.4, -0.2) is 142 Å².